The third kappa shape index (κ3) is 1.72. The Morgan fingerprint density at radius 1 is 0.778 bits per heavy atom. The van der Waals surface area contributed by atoms with E-state index in [1.807, 2.05) is 0 Å². The number of benzene rings is 2. The Hall–Kier alpha value is -2.36. The molecule has 92 valence electrons. The second-order valence-corrected chi connectivity index (χ2v) is 4.22. The van der Waals surface area contributed by atoms with Crippen LogP contribution >= 0.6 is 0 Å². The van der Waals surface area contributed by atoms with E-state index >= 15 is 0 Å². The molecule has 0 saturated carbocycles. The summed E-state index contributed by atoms with van der Waals surface area (Å²) in [6, 6.07) is 6.30. The smallest absolute Gasteiger partial charge is 0.336 e. The summed E-state index contributed by atoms with van der Waals surface area (Å²) in [4.78, 5) is 22.4. The van der Waals surface area contributed by atoms with Crippen molar-refractivity contribution in [3.63, 3.8) is 0 Å². The number of hydrogen-bond acceptors (Lipinski definition) is 2. The summed E-state index contributed by atoms with van der Waals surface area (Å²) >= 11 is 0. The Bertz CT molecular complexity index is 612. The highest BCUT2D eigenvalue weighted by molar-refractivity contribution is 6.12. The predicted octanol–water partition coefficient (Wildman–Crippen LogP) is 2.85. The molecule has 0 heterocycles. The van der Waals surface area contributed by atoms with Crippen molar-refractivity contribution < 1.29 is 19.8 Å². The van der Waals surface area contributed by atoms with Gasteiger partial charge in [-0.15, -0.1) is 0 Å². The summed E-state index contributed by atoms with van der Waals surface area (Å²) in [5.41, 5.74) is 1.79. The van der Waals surface area contributed by atoms with E-state index in [0.29, 0.717) is 10.8 Å². The first-order chi connectivity index (χ1) is 8.43. The van der Waals surface area contributed by atoms with Gasteiger partial charge in [0.25, 0.3) is 0 Å². The van der Waals surface area contributed by atoms with E-state index in [9.17, 15) is 19.8 Å². The molecule has 0 aliphatic heterocycles. The zero-order valence-corrected chi connectivity index (χ0v) is 10.0. The first-order valence-corrected chi connectivity index (χ1v) is 5.43. The minimum absolute atomic E-state index is 0.135. The van der Waals surface area contributed by atoms with Crippen LogP contribution in [0.15, 0.2) is 24.3 Å². The number of rotatable bonds is 2. The molecule has 0 atom stereocenters. The average Bonchev–Trinajstić information content (AvgIpc) is 2.29. The molecular weight excluding hydrogens is 232 g/mol. The molecule has 2 aromatic carbocycles. The van der Waals surface area contributed by atoms with E-state index in [1.165, 1.54) is 12.1 Å². The highest BCUT2D eigenvalue weighted by Gasteiger charge is 2.17. The average molecular weight is 244 g/mol. The van der Waals surface area contributed by atoms with Crippen LogP contribution in [0.2, 0.25) is 0 Å². The van der Waals surface area contributed by atoms with Crippen LogP contribution in [0.1, 0.15) is 31.8 Å². The summed E-state index contributed by atoms with van der Waals surface area (Å²) < 4.78 is 0. The molecular formula is C14H12O4. The van der Waals surface area contributed by atoms with Crippen molar-refractivity contribution in [1.82, 2.24) is 0 Å². The number of carboxylic acid groups (broad SMARTS) is 2. The highest BCUT2D eigenvalue weighted by Crippen LogP contribution is 2.29. The van der Waals surface area contributed by atoms with Crippen molar-refractivity contribution in [3.8, 4) is 0 Å². The van der Waals surface area contributed by atoms with Crippen LogP contribution < -0.4 is 0 Å². The molecule has 2 aromatic rings. The lowest BCUT2D eigenvalue weighted by Gasteiger charge is -2.11. The van der Waals surface area contributed by atoms with E-state index in [4.69, 9.17) is 0 Å². The topological polar surface area (TPSA) is 74.6 Å². The van der Waals surface area contributed by atoms with Gasteiger partial charge in [-0.2, -0.15) is 0 Å². The zero-order valence-electron chi connectivity index (χ0n) is 10.0. The van der Waals surface area contributed by atoms with E-state index in [2.05, 4.69) is 0 Å². The molecule has 4 nitrogen and oxygen atoms in total. The van der Waals surface area contributed by atoms with Crippen LogP contribution in [0, 0.1) is 13.8 Å². The lowest BCUT2D eigenvalue weighted by atomic mass is 9.93. The van der Waals surface area contributed by atoms with Gasteiger partial charge in [0.15, 0.2) is 0 Å². The van der Waals surface area contributed by atoms with Crippen molar-refractivity contribution in [2.24, 2.45) is 0 Å². The van der Waals surface area contributed by atoms with Gasteiger partial charge in [-0.3, -0.25) is 0 Å². The molecule has 0 aliphatic rings. The lowest BCUT2D eigenvalue weighted by molar-refractivity contribution is 0.0686. The van der Waals surface area contributed by atoms with Crippen molar-refractivity contribution >= 4 is 22.7 Å². The normalized spacial score (nSPS) is 10.6. The van der Waals surface area contributed by atoms with Crippen molar-refractivity contribution in [2.45, 2.75) is 13.8 Å². The van der Waals surface area contributed by atoms with Crippen molar-refractivity contribution in [3.05, 3.63) is 46.5 Å². The van der Waals surface area contributed by atoms with Gasteiger partial charge < -0.3 is 10.2 Å². The maximum absolute atomic E-state index is 11.2. The molecule has 0 radical (unpaired) electrons. The lowest BCUT2D eigenvalue weighted by Crippen LogP contribution is -2.04. The molecule has 0 saturated heterocycles. The molecule has 0 fully saturated rings. The molecule has 4 heteroatoms. The Balaban J connectivity index is 3.04. The Labute approximate surface area is 103 Å². The maximum Gasteiger partial charge on any atom is 0.336 e. The predicted molar refractivity (Wildman–Crippen MR) is 67.3 cm³/mol. The number of carbonyl (C=O) groups is 2. The third-order valence-electron chi connectivity index (χ3n) is 3.04. The SMILES string of the molecule is Cc1ccc(C(=O)O)c2c(C)ccc(C(=O)O)c12. The number of carboxylic acids is 2. The largest absolute Gasteiger partial charge is 0.478 e. The fourth-order valence-electron chi connectivity index (χ4n) is 2.19. The highest BCUT2D eigenvalue weighted by atomic mass is 16.4. The fraction of sp³-hybridized carbons (Fsp3) is 0.143. The van der Waals surface area contributed by atoms with E-state index in [0.717, 1.165) is 11.1 Å². The molecule has 18 heavy (non-hydrogen) atoms. The molecule has 2 N–H and O–H groups in total. The minimum Gasteiger partial charge on any atom is -0.478 e. The van der Waals surface area contributed by atoms with Gasteiger partial charge in [0.1, 0.15) is 0 Å². The summed E-state index contributed by atoms with van der Waals surface area (Å²) in [5.74, 6) is -2.10. The molecule has 0 aromatic heterocycles. The second kappa shape index (κ2) is 4.14. The first-order valence-electron chi connectivity index (χ1n) is 5.43. The van der Waals surface area contributed by atoms with Gasteiger partial charge in [0.2, 0.25) is 0 Å². The second-order valence-electron chi connectivity index (χ2n) is 4.22. The van der Waals surface area contributed by atoms with Crippen LogP contribution in [0.3, 0.4) is 0 Å². The van der Waals surface area contributed by atoms with Crippen LogP contribution in [-0.2, 0) is 0 Å². The van der Waals surface area contributed by atoms with Crippen LogP contribution in [0.25, 0.3) is 10.8 Å². The minimum atomic E-state index is -1.05. The van der Waals surface area contributed by atoms with Crippen molar-refractivity contribution in [2.75, 3.05) is 0 Å². The van der Waals surface area contributed by atoms with Crippen LogP contribution in [0.5, 0.6) is 0 Å². The number of fused-ring (bicyclic) bond motifs is 1. The van der Waals surface area contributed by atoms with Gasteiger partial charge in [0.05, 0.1) is 11.1 Å². The molecule has 0 unspecified atom stereocenters. The monoisotopic (exact) mass is 244 g/mol. The van der Waals surface area contributed by atoms with Gasteiger partial charge in [-0.1, -0.05) is 12.1 Å². The van der Waals surface area contributed by atoms with Gasteiger partial charge in [-0.25, -0.2) is 9.59 Å². The van der Waals surface area contributed by atoms with E-state index < -0.39 is 11.9 Å². The zero-order chi connectivity index (χ0) is 13.4. The van der Waals surface area contributed by atoms with E-state index in [-0.39, 0.29) is 11.1 Å². The summed E-state index contributed by atoms with van der Waals surface area (Å²) in [7, 11) is 0. The number of aromatic carboxylic acids is 2. The van der Waals surface area contributed by atoms with Gasteiger partial charge in [0, 0.05) is 10.8 Å². The standard InChI is InChI=1S/C14H12O4/c1-7-3-5-10(14(17)18)12-8(2)4-6-9(11(7)12)13(15)16/h3-6H,1-2H3,(H,15,16)(H,17,18). The number of hydrogen-bond donors (Lipinski definition) is 2. The van der Waals surface area contributed by atoms with Gasteiger partial charge >= 0.3 is 11.9 Å². The molecule has 0 amide bonds. The van der Waals surface area contributed by atoms with E-state index in [1.54, 1.807) is 26.0 Å². The summed E-state index contributed by atoms with van der Waals surface area (Å²) in [5, 5.41) is 19.4. The maximum atomic E-state index is 11.2. The summed E-state index contributed by atoms with van der Waals surface area (Å²) in [6.45, 7) is 3.56. The van der Waals surface area contributed by atoms with Crippen LogP contribution in [-0.4, -0.2) is 22.2 Å². The van der Waals surface area contributed by atoms with Crippen molar-refractivity contribution in [1.29, 1.82) is 0 Å². The Kier molecular flexibility index (Phi) is 2.79. The molecule has 0 aliphatic carbocycles. The Morgan fingerprint density at radius 2 is 1.11 bits per heavy atom. The molecule has 2 rings (SSSR count). The number of aryl methyl sites for hydroxylation is 2. The molecule has 0 spiro atoms. The first kappa shape index (κ1) is 12.1. The quantitative estimate of drug-likeness (QED) is 0.851. The fourth-order valence-corrected chi connectivity index (χ4v) is 2.19. The summed E-state index contributed by atoms with van der Waals surface area (Å²) in [6.07, 6.45) is 0. The van der Waals surface area contributed by atoms with Crippen LogP contribution in [0.4, 0.5) is 0 Å². The Morgan fingerprint density at radius 3 is 1.39 bits per heavy atom. The third-order valence-corrected chi connectivity index (χ3v) is 3.04. The molecule has 0 bridgehead atoms. The van der Waals surface area contributed by atoms with Gasteiger partial charge in [-0.05, 0) is 37.1 Å².